The fourth-order valence-electron chi connectivity index (χ4n) is 3.52. The largest absolute Gasteiger partial charge is 0.343 e. The van der Waals surface area contributed by atoms with Crippen molar-refractivity contribution in [3.8, 4) is 0 Å². The number of nitrogens with one attached hydrogen (secondary N) is 1. The van der Waals surface area contributed by atoms with Crippen molar-refractivity contribution in [1.82, 2.24) is 25.2 Å². The molecule has 2 heterocycles. The average molecular weight is 365 g/mol. The topological polar surface area (TPSA) is 85.8 Å². The standard InChI is InChI=1S/C20H23N5O2/c26-20(17-9-4-6-15(12-17)14-25-11-5-10-22-25)21-13-18-23-19(24-27-18)16-7-2-1-3-8-16/h4-6,9-12,16H,1-3,7-8,13-14H2,(H,21,26). The molecule has 0 unspecified atom stereocenters. The molecule has 0 radical (unpaired) electrons. The van der Waals surface area contributed by atoms with Crippen LogP contribution in [0.3, 0.4) is 0 Å². The molecule has 2 aromatic heterocycles. The van der Waals surface area contributed by atoms with E-state index in [1.54, 1.807) is 12.3 Å². The summed E-state index contributed by atoms with van der Waals surface area (Å²) in [4.78, 5) is 16.9. The summed E-state index contributed by atoms with van der Waals surface area (Å²) >= 11 is 0. The van der Waals surface area contributed by atoms with E-state index >= 15 is 0 Å². The summed E-state index contributed by atoms with van der Waals surface area (Å²) in [6.07, 6.45) is 9.61. The van der Waals surface area contributed by atoms with E-state index in [1.807, 2.05) is 35.1 Å². The summed E-state index contributed by atoms with van der Waals surface area (Å²) in [5.41, 5.74) is 1.62. The van der Waals surface area contributed by atoms with Crippen LogP contribution in [0.25, 0.3) is 0 Å². The number of amides is 1. The molecule has 1 fully saturated rings. The maximum Gasteiger partial charge on any atom is 0.251 e. The number of hydrogen-bond donors (Lipinski definition) is 1. The summed E-state index contributed by atoms with van der Waals surface area (Å²) in [5, 5.41) is 11.2. The van der Waals surface area contributed by atoms with Gasteiger partial charge in [0, 0.05) is 23.9 Å². The molecule has 0 saturated heterocycles. The third kappa shape index (κ3) is 4.42. The summed E-state index contributed by atoms with van der Waals surface area (Å²) in [7, 11) is 0. The van der Waals surface area contributed by atoms with Crippen molar-refractivity contribution in [2.24, 2.45) is 0 Å². The summed E-state index contributed by atoms with van der Waals surface area (Å²) in [5.74, 6) is 1.47. The molecule has 27 heavy (non-hydrogen) atoms. The quantitative estimate of drug-likeness (QED) is 0.724. The number of carbonyl (C=O) groups excluding carboxylic acids is 1. The maximum atomic E-state index is 12.5. The zero-order valence-corrected chi connectivity index (χ0v) is 15.2. The molecule has 1 amide bonds. The smallest absolute Gasteiger partial charge is 0.251 e. The first-order valence-electron chi connectivity index (χ1n) is 9.45. The van der Waals surface area contributed by atoms with Crippen LogP contribution in [-0.2, 0) is 13.1 Å². The van der Waals surface area contributed by atoms with Crippen LogP contribution in [0.4, 0.5) is 0 Å². The van der Waals surface area contributed by atoms with Crippen LogP contribution in [0.5, 0.6) is 0 Å². The van der Waals surface area contributed by atoms with E-state index in [9.17, 15) is 4.79 Å². The summed E-state index contributed by atoms with van der Waals surface area (Å²) in [6, 6.07) is 9.40. The Bertz CT molecular complexity index is 881. The van der Waals surface area contributed by atoms with Gasteiger partial charge in [-0.25, -0.2) is 0 Å². The fourth-order valence-corrected chi connectivity index (χ4v) is 3.52. The number of aromatic nitrogens is 4. The van der Waals surface area contributed by atoms with Crippen LogP contribution in [0.2, 0.25) is 0 Å². The molecule has 3 aromatic rings. The van der Waals surface area contributed by atoms with Crippen molar-refractivity contribution in [3.63, 3.8) is 0 Å². The van der Waals surface area contributed by atoms with E-state index in [4.69, 9.17) is 4.52 Å². The molecule has 140 valence electrons. The van der Waals surface area contributed by atoms with Gasteiger partial charge >= 0.3 is 0 Å². The third-order valence-corrected chi connectivity index (χ3v) is 4.95. The van der Waals surface area contributed by atoms with Gasteiger partial charge in [0.2, 0.25) is 5.89 Å². The maximum absolute atomic E-state index is 12.5. The Labute approximate surface area is 157 Å². The van der Waals surface area contributed by atoms with Gasteiger partial charge in [-0.05, 0) is 36.6 Å². The molecule has 1 N–H and O–H groups in total. The van der Waals surface area contributed by atoms with Gasteiger partial charge in [0.25, 0.3) is 5.91 Å². The molecule has 1 saturated carbocycles. The third-order valence-electron chi connectivity index (χ3n) is 4.95. The van der Waals surface area contributed by atoms with Gasteiger partial charge in [-0.2, -0.15) is 10.1 Å². The Balaban J connectivity index is 1.34. The minimum absolute atomic E-state index is 0.158. The summed E-state index contributed by atoms with van der Waals surface area (Å²) in [6.45, 7) is 0.866. The van der Waals surface area contributed by atoms with Crippen molar-refractivity contribution in [3.05, 3.63) is 65.6 Å². The lowest BCUT2D eigenvalue weighted by Gasteiger charge is -2.17. The van der Waals surface area contributed by atoms with E-state index < -0.39 is 0 Å². The molecule has 7 nitrogen and oxygen atoms in total. The van der Waals surface area contributed by atoms with Gasteiger partial charge in [0.05, 0.1) is 13.1 Å². The highest BCUT2D eigenvalue weighted by molar-refractivity contribution is 5.94. The van der Waals surface area contributed by atoms with Gasteiger partial charge in [-0.3, -0.25) is 9.48 Å². The lowest BCUT2D eigenvalue weighted by molar-refractivity contribution is 0.0946. The predicted octanol–water partition coefficient (Wildman–Crippen LogP) is 3.29. The van der Waals surface area contributed by atoms with Crippen LogP contribution in [0.15, 0.2) is 47.2 Å². The molecule has 1 aromatic carbocycles. The lowest BCUT2D eigenvalue weighted by Crippen LogP contribution is -2.23. The first-order chi connectivity index (χ1) is 13.3. The molecular formula is C20H23N5O2. The molecular weight excluding hydrogens is 342 g/mol. The fraction of sp³-hybridized carbons (Fsp3) is 0.400. The van der Waals surface area contributed by atoms with Crippen molar-refractivity contribution in [1.29, 1.82) is 0 Å². The lowest BCUT2D eigenvalue weighted by atomic mass is 9.89. The van der Waals surface area contributed by atoms with E-state index in [1.165, 1.54) is 19.3 Å². The van der Waals surface area contributed by atoms with Gasteiger partial charge in [0.1, 0.15) is 0 Å². The Morgan fingerprint density at radius 2 is 2.11 bits per heavy atom. The highest BCUT2D eigenvalue weighted by Gasteiger charge is 2.21. The van der Waals surface area contributed by atoms with Gasteiger partial charge in [0.15, 0.2) is 5.82 Å². The molecule has 7 heteroatoms. The van der Waals surface area contributed by atoms with E-state index in [-0.39, 0.29) is 12.5 Å². The highest BCUT2D eigenvalue weighted by atomic mass is 16.5. The molecule has 4 rings (SSSR count). The van der Waals surface area contributed by atoms with Crippen LogP contribution in [-0.4, -0.2) is 25.8 Å². The SMILES string of the molecule is O=C(NCc1nc(C2CCCCC2)no1)c1cccc(Cn2cccn2)c1. The van der Waals surface area contributed by atoms with E-state index in [2.05, 4.69) is 20.6 Å². The number of rotatable bonds is 6. The highest BCUT2D eigenvalue weighted by Crippen LogP contribution is 2.30. The Morgan fingerprint density at radius 3 is 2.93 bits per heavy atom. The monoisotopic (exact) mass is 365 g/mol. The second kappa shape index (κ2) is 8.16. The van der Waals surface area contributed by atoms with Crippen molar-refractivity contribution in [2.75, 3.05) is 0 Å². The molecule has 1 aliphatic carbocycles. The second-order valence-corrected chi connectivity index (χ2v) is 6.97. The van der Waals surface area contributed by atoms with Crippen LogP contribution >= 0.6 is 0 Å². The molecule has 0 bridgehead atoms. The van der Waals surface area contributed by atoms with Gasteiger partial charge in [-0.15, -0.1) is 0 Å². The Morgan fingerprint density at radius 1 is 1.22 bits per heavy atom. The van der Waals surface area contributed by atoms with Crippen molar-refractivity contribution < 1.29 is 9.32 Å². The first-order valence-corrected chi connectivity index (χ1v) is 9.45. The molecule has 0 atom stereocenters. The zero-order chi connectivity index (χ0) is 18.5. The van der Waals surface area contributed by atoms with Crippen LogP contribution in [0.1, 0.15) is 65.7 Å². The molecule has 1 aliphatic rings. The Kier molecular flexibility index (Phi) is 5.27. The van der Waals surface area contributed by atoms with Crippen LogP contribution < -0.4 is 5.32 Å². The number of hydrogen-bond acceptors (Lipinski definition) is 5. The molecule has 0 aliphatic heterocycles. The van der Waals surface area contributed by atoms with E-state index in [0.717, 1.165) is 24.2 Å². The minimum Gasteiger partial charge on any atom is -0.343 e. The number of nitrogens with zero attached hydrogens (tertiary/aromatic N) is 4. The first kappa shape index (κ1) is 17.5. The number of benzene rings is 1. The van der Waals surface area contributed by atoms with Crippen molar-refractivity contribution in [2.45, 2.75) is 51.1 Å². The summed E-state index contributed by atoms with van der Waals surface area (Å²) < 4.78 is 7.13. The second-order valence-electron chi connectivity index (χ2n) is 6.97. The Hall–Kier alpha value is -2.96. The van der Waals surface area contributed by atoms with Gasteiger partial charge < -0.3 is 9.84 Å². The normalized spacial score (nSPS) is 15.0. The van der Waals surface area contributed by atoms with Gasteiger partial charge in [-0.1, -0.05) is 36.6 Å². The number of carbonyl (C=O) groups is 1. The minimum atomic E-state index is -0.158. The predicted molar refractivity (Wildman–Crippen MR) is 99.1 cm³/mol. The average Bonchev–Trinajstić information content (AvgIpc) is 3.39. The van der Waals surface area contributed by atoms with E-state index in [0.29, 0.717) is 23.9 Å². The van der Waals surface area contributed by atoms with Crippen molar-refractivity contribution >= 4 is 5.91 Å². The molecule has 0 spiro atoms. The van der Waals surface area contributed by atoms with Crippen LogP contribution in [0, 0.1) is 0 Å². The zero-order valence-electron chi connectivity index (χ0n) is 15.2.